The molecule has 1 heterocycles. The van der Waals surface area contributed by atoms with Crippen molar-refractivity contribution in [2.24, 2.45) is 0 Å². The second-order valence-electron chi connectivity index (χ2n) is 4.43. The number of benzene rings is 1. The maximum atomic E-state index is 13.1. The second kappa shape index (κ2) is 5.75. The molecule has 0 bridgehead atoms. The van der Waals surface area contributed by atoms with Crippen LogP contribution in [-0.4, -0.2) is 38.4 Å². The standard InChI is InChI=1S/C12H16ClFN2O2S/c1-2-16(9-5-6-15-8-9)19(17,18)10-3-4-12(14)11(13)7-10/h3-4,7,9,15H,2,5-6,8H2,1H3. The van der Waals surface area contributed by atoms with Gasteiger partial charge in [-0.3, -0.25) is 0 Å². The van der Waals surface area contributed by atoms with Gasteiger partial charge in [-0.15, -0.1) is 0 Å². The highest BCUT2D eigenvalue weighted by atomic mass is 35.5. The topological polar surface area (TPSA) is 49.4 Å². The SMILES string of the molecule is CCN(C1CCNC1)S(=O)(=O)c1ccc(F)c(Cl)c1. The number of likely N-dealkylation sites (N-methyl/N-ethyl adjacent to an activating group) is 1. The second-order valence-corrected chi connectivity index (χ2v) is 6.73. The van der Waals surface area contributed by atoms with Gasteiger partial charge in [-0.1, -0.05) is 18.5 Å². The Balaban J connectivity index is 2.36. The lowest BCUT2D eigenvalue weighted by Crippen LogP contribution is -2.41. The average Bonchev–Trinajstić information content (AvgIpc) is 2.86. The lowest BCUT2D eigenvalue weighted by atomic mass is 10.3. The van der Waals surface area contributed by atoms with Crippen molar-refractivity contribution in [1.82, 2.24) is 9.62 Å². The van der Waals surface area contributed by atoms with E-state index in [1.54, 1.807) is 6.92 Å². The molecule has 0 spiro atoms. The molecule has 0 aliphatic carbocycles. The summed E-state index contributed by atoms with van der Waals surface area (Å²) in [5.74, 6) is -0.619. The average molecular weight is 307 g/mol. The fourth-order valence-electron chi connectivity index (χ4n) is 2.28. The minimum atomic E-state index is -3.63. The van der Waals surface area contributed by atoms with Crippen LogP contribution in [0.4, 0.5) is 4.39 Å². The van der Waals surface area contributed by atoms with Gasteiger partial charge in [-0.05, 0) is 31.2 Å². The molecule has 1 saturated heterocycles. The van der Waals surface area contributed by atoms with Crippen molar-refractivity contribution in [3.63, 3.8) is 0 Å². The Morgan fingerprint density at radius 3 is 2.79 bits per heavy atom. The molecule has 19 heavy (non-hydrogen) atoms. The van der Waals surface area contributed by atoms with E-state index in [1.165, 1.54) is 10.4 Å². The van der Waals surface area contributed by atoms with Crippen LogP contribution in [0.2, 0.25) is 5.02 Å². The minimum absolute atomic E-state index is 0.0349. The molecule has 4 nitrogen and oxygen atoms in total. The van der Waals surface area contributed by atoms with Crippen molar-refractivity contribution in [3.05, 3.63) is 29.0 Å². The normalized spacial score (nSPS) is 20.1. The molecule has 1 aromatic carbocycles. The van der Waals surface area contributed by atoms with Crippen LogP contribution in [0.1, 0.15) is 13.3 Å². The van der Waals surface area contributed by atoms with E-state index in [-0.39, 0.29) is 16.0 Å². The van der Waals surface area contributed by atoms with Gasteiger partial charge in [-0.2, -0.15) is 4.31 Å². The summed E-state index contributed by atoms with van der Waals surface area (Å²) in [7, 11) is -3.63. The molecule has 1 fully saturated rings. The molecule has 2 rings (SSSR count). The predicted octanol–water partition coefficient (Wildman–Crippen LogP) is 1.85. The summed E-state index contributed by atoms with van der Waals surface area (Å²) < 4.78 is 39.6. The van der Waals surface area contributed by atoms with Gasteiger partial charge in [0.15, 0.2) is 0 Å². The van der Waals surface area contributed by atoms with Gasteiger partial charge in [0.05, 0.1) is 9.92 Å². The van der Waals surface area contributed by atoms with Crippen LogP contribution >= 0.6 is 11.6 Å². The van der Waals surface area contributed by atoms with E-state index in [0.29, 0.717) is 13.1 Å². The Morgan fingerprint density at radius 1 is 1.53 bits per heavy atom. The molecule has 0 radical (unpaired) electrons. The third kappa shape index (κ3) is 2.91. The van der Waals surface area contributed by atoms with Gasteiger partial charge >= 0.3 is 0 Å². The van der Waals surface area contributed by atoms with E-state index in [1.807, 2.05) is 0 Å². The van der Waals surface area contributed by atoms with Crippen molar-refractivity contribution in [2.75, 3.05) is 19.6 Å². The van der Waals surface area contributed by atoms with Crippen LogP contribution in [-0.2, 0) is 10.0 Å². The Morgan fingerprint density at radius 2 is 2.26 bits per heavy atom. The van der Waals surface area contributed by atoms with Gasteiger partial charge in [0.25, 0.3) is 0 Å². The van der Waals surface area contributed by atoms with Gasteiger partial charge in [0, 0.05) is 19.1 Å². The molecule has 0 aromatic heterocycles. The first-order chi connectivity index (χ1) is 8.96. The summed E-state index contributed by atoms with van der Waals surface area (Å²) in [6.07, 6.45) is 0.780. The molecule has 106 valence electrons. The van der Waals surface area contributed by atoms with E-state index in [0.717, 1.165) is 25.1 Å². The summed E-state index contributed by atoms with van der Waals surface area (Å²) in [5, 5.41) is 2.96. The van der Waals surface area contributed by atoms with E-state index in [2.05, 4.69) is 5.32 Å². The van der Waals surface area contributed by atoms with Gasteiger partial charge in [-0.25, -0.2) is 12.8 Å². The zero-order valence-electron chi connectivity index (χ0n) is 10.6. The maximum absolute atomic E-state index is 13.1. The summed E-state index contributed by atoms with van der Waals surface area (Å²) in [6.45, 7) is 3.62. The zero-order chi connectivity index (χ0) is 14.0. The van der Waals surface area contributed by atoms with Gasteiger partial charge < -0.3 is 5.32 Å². The monoisotopic (exact) mass is 306 g/mol. The van der Waals surface area contributed by atoms with E-state index in [9.17, 15) is 12.8 Å². The number of sulfonamides is 1. The molecule has 1 N–H and O–H groups in total. The first-order valence-corrected chi connectivity index (χ1v) is 7.96. The summed E-state index contributed by atoms with van der Waals surface area (Å²) in [4.78, 5) is 0.0349. The lowest BCUT2D eigenvalue weighted by molar-refractivity contribution is 0.348. The number of hydrogen-bond acceptors (Lipinski definition) is 3. The van der Waals surface area contributed by atoms with E-state index >= 15 is 0 Å². The van der Waals surface area contributed by atoms with Crippen LogP contribution in [0, 0.1) is 5.82 Å². The maximum Gasteiger partial charge on any atom is 0.243 e. The number of nitrogens with one attached hydrogen (secondary N) is 1. The Labute approximate surface area is 117 Å². The van der Waals surface area contributed by atoms with E-state index in [4.69, 9.17) is 11.6 Å². The minimum Gasteiger partial charge on any atom is -0.315 e. The van der Waals surface area contributed by atoms with Crippen LogP contribution in [0.3, 0.4) is 0 Å². The Hall–Kier alpha value is -0.690. The lowest BCUT2D eigenvalue weighted by Gasteiger charge is -2.26. The number of hydrogen-bond donors (Lipinski definition) is 1. The van der Waals surface area contributed by atoms with E-state index < -0.39 is 15.8 Å². The summed E-state index contributed by atoms with van der Waals surface area (Å²) in [6, 6.07) is 3.44. The molecule has 1 aromatic rings. The molecule has 1 atom stereocenters. The van der Waals surface area contributed by atoms with Crippen LogP contribution < -0.4 is 5.32 Å². The fourth-order valence-corrected chi connectivity index (χ4v) is 4.22. The Bertz CT molecular complexity index is 559. The fraction of sp³-hybridized carbons (Fsp3) is 0.500. The smallest absolute Gasteiger partial charge is 0.243 e. The summed E-state index contributed by atoms with van der Waals surface area (Å²) >= 11 is 5.66. The van der Waals surface area contributed by atoms with Crippen LogP contribution in [0.15, 0.2) is 23.1 Å². The first-order valence-electron chi connectivity index (χ1n) is 6.14. The van der Waals surface area contributed by atoms with Crippen molar-refractivity contribution < 1.29 is 12.8 Å². The third-order valence-electron chi connectivity index (χ3n) is 3.25. The number of nitrogens with zero attached hydrogens (tertiary/aromatic N) is 1. The largest absolute Gasteiger partial charge is 0.315 e. The van der Waals surface area contributed by atoms with Crippen molar-refractivity contribution >= 4 is 21.6 Å². The molecule has 1 aliphatic heterocycles. The van der Waals surface area contributed by atoms with Crippen molar-refractivity contribution in [2.45, 2.75) is 24.3 Å². The Kier molecular flexibility index (Phi) is 4.45. The third-order valence-corrected chi connectivity index (χ3v) is 5.56. The van der Waals surface area contributed by atoms with Gasteiger partial charge in [0.1, 0.15) is 5.82 Å². The van der Waals surface area contributed by atoms with Crippen molar-refractivity contribution in [3.8, 4) is 0 Å². The highest BCUT2D eigenvalue weighted by Crippen LogP contribution is 2.24. The molecular weight excluding hydrogens is 291 g/mol. The summed E-state index contributed by atoms with van der Waals surface area (Å²) in [5.41, 5.74) is 0. The zero-order valence-corrected chi connectivity index (χ0v) is 12.1. The molecule has 1 aliphatic rings. The number of halogens is 2. The van der Waals surface area contributed by atoms with Crippen LogP contribution in [0.25, 0.3) is 0 Å². The molecule has 1 unspecified atom stereocenters. The first kappa shape index (κ1) is 14.7. The highest BCUT2D eigenvalue weighted by molar-refractivity contribution is 7.89. The van der Waals surface area contributed by atoms with Gasteiger partial charge in [0.2, 0.25) is 10.0 Å². The molecule has 0 saturated carbocycles. The van der Waals surface area contributed by atoms with Crippen LogP contribution in [0.5, 0.6) is 0 Å². The highest BCUT2D eigenvalue weighted by Gasteiger charge is 2.32. The molecule has 7 heteroatoms. The molecule has 0 amide bonds. The predicted molar refractivity (Wildman–Crippen MR) is 72.3 cm³/mol. The number of rotatable bonds is 4. The van der Waals surface area contributed by atoms with Crippen molar-refractivity contribution in [1.29, 1.82) is 0 Å². The quantitative estimate of drug-likeness (QED) is 0.923. The molecular formula is C12H16ClFN2O2S.